The molecule has 0 N–H and O–H groups in total. The minimum atomic E-state index is -3.59. The van der Waals surface area contributed by atoms with Crippen molar-refractivity contribution in [2.24, 2.45) is 31.8 Å². The molecule has 0 rings (SSSR count). The molecular weight excluding hydrogens is 829 g/mol. The Labute approximate surface area is 342 Å². The standard InChI is InChI=1S/C30H87N18P7/c1-30(2,3)31-52(34-50(28,39(6)7)33-51(29,40(8)9)41(10)11,35-53(42(12)13,43(14)15)32-49(26,27)38(4)5)36-54(44(16)17,45(18)19)37-55(46(20)21,47(22)23)48(24)25/h1-29H3. The molecule has 0 aromatic carbocycles. The van der Waals surface area contributed by atoms with Crippen molar-refractivity contribution in [3.63, 3.8) is 0 Å². The summed E-state index contributed by atoms with van der Waals surface area (Å²) < 4.78 is 66.2. The lowest BCUT2D eigenvalue weighted by molar-refractivity contribution is 0.472. The molecule has 2 atom stereocenters. The predicted octanol–water partition coefficient (Wildman–Crippen LogP) is 9.45. The quantitative estimate of drug-likeness (QED) is 0.130. The molecule has 18 nitrogen and oxygen atoms in total. The zero-order valence-electron chi connectivity index (χ0n) is 40.7. The predicted molar refractivity (Wildman–Crippen MR) is 259 cm³/mol. The summed E-state index contributed by atoms with van der Waals surface area (Å²) in [5.74, 6) is 0. The van der Waals surface area contributed by atoms with Gasteiger partial charge in [-0.3, -0.25) is 32.7 Å². The van der Waals surface area contributed by atoms with E-state index in [1.807, 2.05) is 0 Å². The fourth-order valence-corrected chi connectivity index (χ4v) is 34.5. The summed E-state index contributed by atoms with van der Waals surface area (Å²) in [6, 6.07) is 0. The topological polar surface area (TPSA) is 122 Å². The monoisotopic (exact) mass is 917 g/mol. The molecule has 0 aliphatic carbocycles. The third-order valence-corrected chi connectivity index (χ3v) is 37.5. The second-order valence-electron chi connectivity index (χ2n) is 17.3. The van der Waals surface area contributed by atoms with Crippen LogP contribution in [-0.4, -0.2) is 239 Å². The third kappa shape index (κ3) is 13.1. The Balaban J connectivity index is 10.9. The molecule has 0 radical (unpaired) electrons. The van der Waals surface area contributed by atoms with Crippen LogP contribution in [0.25, 0.3) is 0 Å². The van der Waals surface area contributed by atoms with Crippen molar-refractivity contribution in [2.75, 3.05) is 182 Å². The molecule has 25 heteroatoms. The van der Waals surface area contributed by atoms with Gasteiger partial charge in [-0.15, -0.1) is 0 Å². The lowest BCUT2D eigenvalue weighted by atomic mass is 10.1. The first-order valence-corrected chi connectivity index (χ1v) is 31.3. The summed E-state index contributed by atoms with van der Waals surface area (Å²) >= 11 is 0. The second kappa shape index (κ2) is 20.4. The van der Waals surface area contributed by atoms with Crippen LogP contribution < -0.4 is 0 Å². The summed E-state index contributed by atoms with van der Waals surface area (Å²) in [5.41, 5.74) is -0.589. The number of hydrogen-bond acceptors (Lipinski definition) is 1. The Kier molecular flexibility index (Phi) is 20.8. The molecule has 0 saturated heterocycles. The molecule has 0 heterocycles. The van der Waals surface area contributed by atoms with Crippen LogP contribution in [0, 0.1) is 0 Å². The normalized spacial score (nSPS) is 16.7. The SMILES string of the molecule is CN(C)P(C)(C)=NP(=NP(=NC(C)(C)C)(N=P(C)(N=P(C)(N(C)C)N(C)C)N(C)C)N=P(N=P(N(C)C)(N(C)C)N(C)C)(N(C)C)N(C)C)(N(C)C)N(C)C. The van der Waals surface area contributed by atoms with Crippen molar-refractivity contribution in [1.29, 1.82) is 0 Å². The van der Waals surface area contributed by atoms with E-state index in [4.69, 9.17) is 31.8 Å². The van der Waals surface area contributed by atoms with Crippen LogP contribution >= 0.6 is 51.9 Å². The molecule has 0 fully saturated rings. The van der Waals surface area contributed by atoms with Crippen LogP contribution in [0.1, 0.15) is 20.8 Å². The number of hydrogen-bond donors (Lipinski definition) is 0. The van der Waals surface area contributed by atoms with E-state index in [9.17, 15) is 0 Å². The maximum Gasteiger partial charge on any atom is 0.307 e. The highest BCUT2D eigenvalue weighted by Gasteiger charge is 2.42. The fraction of sp³-hybridized carbons (Fsp3) is 1.00. The largest absolute Gasteiger partial charge is 0.307 e. The van der Waals surface area contributed by atoms with Crippen molar-refractivity contribution in [1.82, 2.24) is 51.4 Å². The smallest absolute Gasteiger partial charge is 0.276 e. The Morgan fingerprint density at radius 2 is 0.655 bits per heavy atom. The van der Waals surface area contributed by atoms with E-state index in [0.29, 0.717) is 0 Å². The molecule has 0 spiro atoms. The molecule has 0 amide bonds. The van der Waals surface area contributed by atoms with Crippen LogP contribution in [-0.2, 0) is 0 Å². The molecule has 332 valence electrons. The van der Waals surface area contributed by atoms with Gasteiger partial charge < -0.3 is 0 Å². The molecule has 0 bridgehead atoms. The van der Waals surface area contributed by atoms with Crippen molar-refractivity contribution in [2.45, 2.75) is 26.3 Å². The Hall–Kier alpha value is 1.17. The van der Waals surface area contributed by atoms with Gasteiger partial charge in [-0.2, -0.15) is 18.1 Å². The van der Waals surface area contributed by atoms with E-state index >= 15 is 0 Å². The summed E-state index contributed by atoms with van der Waals surface area (Å²) in [7, 11) is 27.0. The summed E-state index contributed by atoms with van der Waals surface area (Å²) in [5, 5.41) is 0. The van der Waals surface area contributed by atoms with E-state index in [2.05, 4.69) is 254 Å². The maximum absolute atomic E-state index is 6.16. The van der Waals surface area contributed by atoms with Gasteiger partial charge in [0.15, 0.2) is 7.51 Å². The van der Waals surface area contributed by atoms with Crippen LogP contribution in [0.5, 0.6) is 0 Å². The van der Waals surface area contributed by atoms with Gasteiger partial charge in [0.1, 0.15) is 14.7 Å². The number of rotatable bonds is 17. The highest BCUT2D eigenvalue weighted by molar-refractivity contribution is 7.84. The molecule has 0 aliphatic rings. The molecule has 0 aromatic heterocycles. The minimum absolute atomic E-state index is 0.589. The Morgan fingerprint density at radius 3 is 0.891 bits per heavy atom. The first-order valence-electron chi connectivity index (χ1n) is 18.2. The lowest BCUT2D eigenvalue weighted by Gasteiger charge is -2.45. The maximum atomic E-state index is 6.16. The highest BCUT2D eigenvalue weighted by atomic mass is 31.3. The van der Waals surface area contributed by atoms with Crippen molar-refractivity contribution >= 4 is 51.9 Å². The molecule has 0 aliphatic heterocycles. The van der Waals surface area contributed by atoms with Crippen molar-refractivity contribution < 1.29 is 0 Å². The Morgan fingerprint density at radius 1 is 0.327 bits per heavy atom. The highest BCUT2D eigenvalue weighted by Crippen LogP contribution is 2.81. The first kappa shape index (κ1) is 56.2. The van der Waals surface area contributed by atoms with E-state index in [0.717, 1.165) is 0 Å². The van der Waals surface area contributed by atoms with Crippen LogP contribution in [0.4, 0.5) is 0 Å². The summed E-state index contributed by atoms with van der Waals surface area (Å²) in [6.07, 6.45) is 0. The fourth-order valence-electron chi connectivity index (χ4n) is 5.32. The van der Waals surface area contributed by atoms with E-state index in [-0.39, 0.29) is 0 Å². The van der Waals surface area contributed by atoms with Crippen LogP contribution in [0.15, 0.2) is 31.8 Å². The minimum Gasteiger partial charge on any atom is -0.276 e. The van der Waals surface area contributed by atoms with E-state index in [1.165, 1.54) is 0 Å². The Bertz CT molecular complexity index is 1630. The van der Waals surface area contributed by atoms with Gasteiger partial charge in [-0.05, 0) is 196 Å². The van der Waals surface area contributed by atoms with Crippen LogP contribution in [0.3, 0.4) is 0 Å². The average molecular weight is 917 g/mol. The van der Waals surface area contributed by atoms with Gasteiger partial charge in [0, 0.05) is 13.9 Å². The van der Waals surface area contributed by atoms with E-state index < -0.39 is 57.5 Å². The van der Waals surface area contributed by atoms with Gasteiger partial charge in [0.25, 0.3) is 0 Å². The summed E-state index contributed by atoms with van der Waals surface area (Å²) in [4.78, 5) is 0. The molecule has 55 heavy (non-hydrogen) atoms. The zero-order valence-corrected chi connectivity index (χ0v) is 46.9. The average Bonchev–Trinajstić information content (AvgIpc) is 2.96. The molecule has 2 unspecified atom stereocenters. The lowest BCUT2D eigenvalue weighted by Crippen LogP contribution is -2.32. The van der Waals surface area contributed by atoms with Crippen LogP contribution in [0.2, 0.25) is 0 Å². The second-order valence-corrected chi connectivity index (χ2v) is 41.1. The van der Waals surface area contributed by atoms with Crippen molar-refractivity contribution in [3.05, 3.63) is 0 Å². The molecule has 0 saturated carbocycles. The third-order valence-electron chi connectivity index (χ3n) is 9.13. The van der Waals surface area contributed by atoms with Gasteiger partial charge >= 0.3 is 7.51 Å². The molecule has 0 aromatic rings. The molecular formula is C30H87N18P7. The van der Waals surface area contributed by atoms with Gasteiger partial charge in [-0.1, -0.05) is 0 Å². The van der Waals surface area contributed by atoms with Crippen molar-refractivity contribution in [3.8, 4) is 0 Å². The summed E-state index contributed by atoms with van der Waals surface area (Å²) in [6.45, 7) is 15.3. The number of nitrogens with zero attached hydrogens (tertiary/aromatic N) is 18. The van der Waals surface area contributed by atoms with E-state index in [1.54, 1.807) is 0 Å². The zero-order chi connectivity index (χ0) is 44.3. The van der Waals surface area contributed by atoms with Gasteiger partial charge in [-0.25, -0.2) is 32.5 Å². The first-order chi connectivity index (χ1) is 24.3. The van der Waals surface area contributed by atoms with Gasteiger partial charge in [0.2, 0.25) is 15.0 Å². The van der Waals surface area contributed by atoms with Gasteiger partial charge in [0.05, 0.1) is 5.54 Å².